The number of nitrogens with zero attached hydrogens (tertiary/aromatic N) is 3. The van der Waals surface area contributed by atoms with E-state index >= 15 is 0 Å². The maximum Gasteiger partial charge on any atom is 0.354 e. The van der Waals surface area contributed by atoms with Crippen molar-refractivity contribution in [3.8, 4) is 11.4 Å². The maximum absolute atomic E-state index is 11.9. The Morgan fingerprint density at radius 3 is 2.39 bits per heavy atom. The van der Waals surface area contributed by atoms with Crippen molar-refractivity contribution in [1.82, 2.24) is 14.8 Å². The summed E-state index contributed by atoms with van der Waals surface area (Å²) in [6.07, 6.45) is 7.32. The molecule has 31 heavy (non-hydrogen) atoms. The second-order valence-electron chi connectivity index (χ2n) is 8.52. The normalized spacial score (nSPS) is 21.7. The summed E-state index contributed by atoms with van der Waals surface area (Å²) in [5.41, 5.74) is 2.36. The summed E-state index contributed by atoms with van der Waals surface area (Å²) < 4.78 is 13.7. The molecule has 2 saturated carbocycles. The number of carboxylic acid groups (broad SMARTS) is 1. The van der Waals surface area contributed by atoms with Crippen LogP contribution in [0.4, 0.5) is 0 Å². The van der Waals surface area contributed by atoms with Gasteiger partial charge in [0.05, 0.1) is 29.0 Å². The number of carbonyl (C=O) groups is 1. The van der Waals surface area contributed by atoms with E-state index in [0.717, 1.165) is 55.3 Å². The molecule has 5 rings (SSSR count). The molecule has 0 amide bonds. The zero-order valence-corrected chi connectivity index (χ0v) is 17.7. The van der Waals surface area contributed by atoms with E-state index in [1.807, 2.05) is 30.3 Å². The second kappa shape index (κ2) is 8.30. The Morgan fingerprint density at radius 2 is 1.77 bits per heavy atom. The van der Waals surface area contributed by atoms with E-state index in [-0.39, 0.29) is 17.9 Å². The van der Waals surface area contributed by atoms with Gasteiger partial charge in [-0.05, 0) is 50.7 Å². The number of hydrogen-bond donors (Lipinski definition) is 1. The molecular weight excluding hydrogens is 394 g/mol. The SMILES string of the molecule is COC1CCC(Oc2cc(C(=O)O)nc3c2c(C2CCC2)nn3-c2ccccc2)CC1. The van der Waals surface area contributed by atoms with Crippen LogP contribution < -0.4 is 4.74 Å². The Kier molecular flexibility index (Phi) is 5.36. The lowest BCUT2D eigenvalue weighted by atomic mass is 9.82. The first kappa shape index (κ1) is 20.0. The molecule has 3 aromatic rings. The number of methoxy groups -OCH3 is 1. The van der Waals surface area contributed by atoms with Crippen LogP contribution in [-0.4, -0.2) is 45.2 Å². The number of rotatable bonds is 6. The number of pyridine rings is 1. The highest BCUT2D eigenvalue weighted by molar-refractivity contribution is 5.94. The van der Waals surface area contributed by atoms with Crippen LogP contribution >= 0.6 is 0 Å². The van der Waals surface area contributed by atoms with Gasteiger partial charge in [-0.25, -0.2) is 14.5 Å². The van der Waals surface area contributed by atoms with E-state index < -0.39 is 5.97 Å². The minimum absolute atomic E-state index is 0.0229. The minimum atomic E-state index is -1.07. The van der Waals surface area contributed by atoms with Crippen molar-refractivity contribution in [2.24, 2.45) is 0 Å². The van der Waals surface area contributed by atoms with Gasteiger partial charge in [-0.1, -0.05) is 24.6 Å². The quantitative estimate of drug-likeness (QED) is 0.620. The van der Waals surface area contributed by atoms with Crippen molar-refractivity contribution in [3.63, 3.8) is 0 Å². The minimum Gasteiger partial charge on any atom is -0.490 e. The van der Waals surface area contributed by atoms with Crippen molar-refractivity contribution < 1.29 is 19.4 Å². The standard InChI is InChI=1S/C24H27N3O4/c1-30-17-10-12-18(13-11-17)31-20-14-19(24(28)29)25-23-21(20)22(15-6-5-7-15)26-27(23)16-8-3-2-4-9-16/h2-4,8-9,14-15,17-18H,5-7,10-13H2,1H3,(H,28,29). The van der Waals surface area contributed by atoms with Gasteiger partial charge in [-0.3, -0.25) is 0 Å². The van der Waals surface area contributed by atoms with E-state index in [1.165, 1.54) is 6.42 Å². The summed E-state index contributed by atoms with van der Waals surface area (Å²) in [7, 11) is 1.75. The fourth-order valence-electron chi connectivity index (χ4n) is 4.59. The number of hydrogen-bond acceptors (Lipinski definition) is 5. The lowest BCUT2D eigenvalue weighted by Gasteiger charge is -2.29. The molecule has 0 saturated heterocycles. The molecule has 0 spiro atoms. The van der Waals surface area contributed by atoms with Crippen molar-refractivity contribution in [3.05, 3.63) is 47.8 Å². The van der Waals surface area contributed by atoms with E-state index in [1.54, 1.807) is 17.9 Å². The highest BCUT2D eigenvalue weighted by Gasteiger charge is 2.31. The molecule has 7 nitrogen and oxygen atoms in total. The summed E-state index contributed by atoms with van der Waals surface area (Å²) in [5, 5.41) is 15.5. The molecule has 0 radical (unpaired) electrons. The van der Waals surface area contributed by atoms with Crippen LogP contribution in [0.15, 0.2) is 36.4 Å². The molecule has 162 valence electrons. The van der Waals surface area contributed by atoms with Crippen LogP contribution in [0.25, 0.3) is 16.7 Å². The number of para-hydroxylation sites is 1. The molecule has 2 aromatic heterocycles. The maximum atomic E-state index is 11.9. The Balaban J connectivity index is 1.63. The zero-order chi connectivity index (χ0) is 21.4. The first-order valence-electron chi connectivity index (χ1n) is 11.1. The van der Waals surface area contributed by atoms with E-state index in [9.17, 15) is 9.90 Å². The van der Waals surface area contributed by atoms with Gasteiger partial charge in [-0.15, -0.1) is 0 Å². The molecule has 7 heteroatoms. The Hall–Kier alpha value is -2.93. The van der Waals surface area contributed by atoms with Crippen LogP contribution in [-0.2, 0) is 4.74 Å². The predicted molar refractivity (Wildman–Crippen MR) is 116 cm³/mol. The largest absolute Gasteiger partial charge is 0.490 e. The van der Waals surface area contributed by atoms with Crippen LogP contribution in [0.3, 0.4) is 0 Å². The van der Waals surface area contributed by atoms with E-state index in [2.05, 4.69) is 4.98 Å². The number of ether oxygens (including phenoxy) is 2. The highest BCUT2D eigenvalue weighted by Crippen LogP contribution is 2.43. The topological polar surface area (TPSA) is 86.5 Å². The predicted octanol–water partition coefficient (Wildman–Crippen LogP) is 4.72. The molecule has 0 atom stereocenters. The molecular formula is C24H27N3O4. The third-order valence-electron chi connectivity index (χ3n) is 6.59. The van der Waals surface area contributed by atoms with Gasteiger partial charge in [0.15, 0.2) is 11.3 Å². The summed E-state index contributed by atoms with van der Waals surface area (Å²) in [5.74, 6) is -0.121. The van der Waals surface area contributed by atoms with Crippen LogP contribution in [0.2, 0.25) is 0 Å². The molecule has 2 aliphatic rings. The average Bonchev–Trinajstić information content (AvgIpc) is 3.13. The Bertz CT molecular complexity index is 1080. The van der Waals surface area contributed by atoms with Crippen LogP contribution in [0, 0.1) is 0 Å². The zero-order valence-electron chi connectivity index (χ0n) is 17.7. The second-order valence-corrected chi connectivity index (χ2v) is 8.52. The summed E-state index contributed by atoms with van der Waals surface area (Å²) in [6.45, 7) is 0. The summed E-state index contributed by atoms with van der Waals surface area (Å²) in [4.78, 5) is 16.4. The molecule has 2 heterocycles. The van der Waals surface area contributed by atoms with E-state index in [0.29, 0.717) is 17.3 Å². The van der Waals surface area contributed by atoms with Crippen molar-refractivity contribution in [1.29, 1.82) is 0 Å². The number of benzene rings is 1. The van der Waals surface area contributed by atoms with Gasteiger partial charge in [-0.2, -0.15) is 5.10 Å². The van der Waals surface area contributed by atoms with Crippen molar-refractivity contribution >= 4 is 17.0 Å². The van der Waals surface area contributed by atoms with Gasteiger partial charge >= 0.3 is 5.97 Å². The number of fused-ring (bicyclic) bond motifs is 1. The van der Waals surface area contributed by atoms with Crippen LogP contribution in [0.1, 0.15) is 67.0 Å². The molecule has 0 unspecified atom stereocenters. The molecule has 1 aromatic carbocycles. The molecule has 1 N–H and O–H groups in total. The van der Waals surface area contributed by atoms with Gasteiger partial charge in [0.25, 0.3) is 0 Å². The Morgan fingerprint density at radius 1 is 1.06 bits per heavy atom. The Labute approximate surface area is 181 Å². The van der Waals surface area contributed by atoms with Crippen molar-refractivity contribution in [2.45, 2.75) is 63.1 Å². The number of carboxylic acids is 1. The van der Waals surface area contributed by atoms with Gasteiger partial charge in [0, 0.05) is 19.1 Å². The molecule has 0 bridgehead atoms. The molecule has 2 aliphatic carbocycles. The van der Waals surface area contributed by atoms with Crippen molar-refractivity contribution in [2.75, 3.05) is 7.11 Å². The lowest BCUT2D eigenvalue weighted by Crippen LogP contribution is -2.28. The number of aromatic nitrogens is 3. The van der Waals surface area contributed by atoms with Gasteiger partial charge in [0.1, 0.15) is 5.75 Å². The first-order chi connectivity index (χ1) is 15.1. The fraction of sp³-hybridized carbons (Fsp3) is 0.458. The monoisotopic (exact) mass is 421 g/mol. The molecule has 2 fully saturated rings. The fourth-order valence-corrected chi connectivity index (χ4v) is 4.59. The smallest absolute Gasteiger partial charge is 0.354 e. The number of aromatic carboxylic acids is 1. The highest BCUT2D eigenvalue weighted by atomic mass is 16.5. The third-order valence-corrected chi connectivity index (χ3v) is 6.59. The van der Waals surface area contributed by atoms with Gasteiger partial charge in [0.2, 0.25) is 0 Å². The van der Waals surface area contributed by atoms with E-state index in [4.69, 9.17) is 14.6 Å². The third kappa shape index (κ3) is 3.78. The average molecular weight is 421 g/mol. The van der Waals surface area contributed by atoms with Gasteiger partial charge < -0.3 is 14.6 Å². The lowest BCUT2D eigenvalue weighted by molar-refractivity contribution is 0.0331. The first-order valence-corrected chi connectivity index (χ1v) is 11.1. The van der Waals surface area contributed by atoms with Crippen LogP contribution in [0.5, 0.6) is 5.75 Å². The summed E-state index contributed by atoms with van der Waals surface area (Å²) >= 11 is 0. The molecule has 0 aliphatic heterocycles. The summed E-state index contributed by atoms with van der Waals surface area (Å²) in [6, 6.07) is 11.3.